The van der Waals surface area contributed by atoms with Crippen molar-refractivity contribution >= 4 is 33.9 Å². The standard InChI is InChI=1S/C32H29NO4/c1-32(2,3)22-17-15-21(16-18-22)28-27(29(34)26-14-7-10-20-9-5-6-13-25(20)26)30(35)31(36)33(28)23-11-8-12-24(19-23)37-4/h5-19,28,34H,1-4H3/b29-27-. The number of carbonyl (C=O) groups is 2. The van der Waals surface area contributed by atoms with E-state index in [0.29, 0.717) is 17.0 Å². The monoisotopic (exact) mass is 491 g/mol. The van der Waals surface area contributed by atoms with Gasteiger partial charge in [0.05, 0.1) is 18.7 Å². The van der Waals surface area contributed by atoms with Crippen molar-refractivity contribution in [1.29, 1.82) is 0 Å². The first-order valence-electron chi connectivity index (χ1n) is 12.2. The number of rotatable bonds is 4. The van der Waals surface area contributed by atoms with Crippen LogP contribution in [0.5, 0.6) is 5.75 Å². The highest BCUT2D eigenvalue weighted by molar-refractivity contribution is 6.51. The molecule has 0 spiro atoms. The largest absolute Gasteiger partial charge is 0.507 e. The van der Waals surface area contributed by atoms with Crippen LogP contribution in [0.25, 0.3) is 16.5 Å². The normalized spacial score (nSPS) is 17.4. The van der Waals surface area contributed by atoms with Crippen molar-refractivity contribution in [3.8, 4) is 5.75 Å². The average molecular weight is 492 g/mol. The van der Waals surface area contributed by atoms with Crippen molar-refractivity contribution in [2.75, 3.05) is 12.0 Å². The third kappa shape index (κ3) is 4.27. The van der Waals surface area contributed by atoms with E-state index in [-0.39, 0.29) is 16.7 Å². The maximum Gasteiger partial charge on any atom is 0.300 e. The van der Waals surface area contributed by atoms with Gasteiger partial charge in [0, 0.05) is 17.3 Å². The zero-order valence-corrected chi connectivity index (χ0v) is 21.4. The minimum Gasteiger partial charge on any atom is -0.507 e. The van der Waals surface area contributed by atoms with Gasteiger partial charge in [0.15, 0.2) is 0 Å². The summed E-state index contributed by atoms with van der Waals surface area (Å²) in [5.41, 5.74) is 2.89. The lowest BCUT2D eigenvalue weighted by Gasteiger charge is -2.27. The average Bonchev–Trinajstić information content (AvgIpc) is 3.17. The van der Waals surface area contributed by atoms with E-state index in [9.17, 15) is 14.7 Å². The van der Waals surface area contributed by atoms with Crippen LogP contribution in [-0.2, 0) is 15.0 Å². The molecule has 1 aliphatic rings. The number of anilines is 1. The second-order valence-corrected chi connectivity index (χ2v) is 10.3. The zero-order valence-electron chi connectivity index (χ0n) is 21.4. The van der Waals surface area contributed by atoms with Crippen LogP contribution in [0.2, 0.25) is 0 Å². The van der Waals surface area contributed by atoms with Gasteiger partial charge in [0.25, 0.3) is 11.7 Å². The molecule has 0 radical (unpaired) electrons. The van der Waals surface area contributed by atoms with Gasteiger partial charge in [-0.3, -0.25) is 14.5 Å². The first-order valence-corrected chi connectivity index (χ1v) is 12.2. The molecule has 4 aromatic rings. The molecule has 5 rings (SSSR count). The number of fused-ring (bicyclic) bond motifs is 1. The first kappa shape index (κ1) is 24.3. The van der Waals surface area contributed by atoms with Gasteiger partial charge in [0.1, 0.15) is 11.5 Å². The minimum atomic E-state index is -0.805. The second-order valence-electron chi connectivity index (χ2n) is 10.3. The number of amides is 1. The molecule has 0 aliphatic carbocycles. The van der Waals surface area contributed by atoms with Crippen LogP contribution < -0.4 is 9.64 Å². The highest BCUT2D eigenvalue weighted by Crippen LogP contribution is 2.44. The van der Waals surface area contributed by atoms with Gasteiger partial charge in [-0.2, -0.15) is 0 Å². The molecule has 0 aromatic heterocycles. The van der Waals surface area contributed by atoms with Gasteiger partial charge >= 0.3 is 0 Å². The molecule has 1 N–H and O–H groups in total. The topological polar surface area (TPSA) is 66.8 Å². The summed E-state index contributed by atoms with van der Waals surface area (Å²) in [5.74, 6) is -1.04. The molecule has 37 heavy (non-hydrogen) atoms. The van der Waals surface area contributed by atoms with Crippen molar-refractivity contribution in [1.82, 2.24) is 0 Å². The quantitative estimate of drug-likeness (QED) is 0.194. The fraction of sp³-hybridized carbons (Fsp3) is 0.188. The Morgan fingerprint density at radius 2 is 1.54 bits per heavy atom. The highest BCUT2D eigenvalue weighted by atomic mass is 16.5. The minimum absolute atomic E-state index is 0.0594. The van der Waals surface area contributed by atoms with Crippen LogP contribution in [0.3, 0.4) is 0 Å². The number of ether oxygens (including phenoxy) is 1. The van der Waals surface area contributed by atoms with E-state index in [1.54, 1.807) is 37.4 Å². The summed E-state index contributed by atoms with van der Waals surface area (Å²) in [6.07, 6.45) is 0. The van der Waals surface area contributed by atoms with Gasteiger partial charge in [-0.05, 0) is 39.4 Å². The number of aliphatic hydroxyl groups excluding tert-OH is 1. The number of aliphatic hydroxyl groups is 1. The first-order chi connectivity index (χ1) is 17.7. The summed E-state index contributed by atoms with van der Waals surface area (Å²) in [4.78, 5) is 28.5. The summed E-state index contributed by atoms with van der Waals surface area (Å²) in [7, 11) is 1.55. The zero-order chi connectivity index (χ0) is 26.3. The Hall–Kier alpha value is -4.38. The fourth-order valence-corrected chi connectivity index (χ4v) is 4.92. The van der Waals surface area contributed by atoms with Crippen molar-refractivity contribution in [2.45, 2.75) is 32.2 Å². The van der Waals surface area contributed by atoms with Gasteiger partial charge in [0.2, 0.25) is 0 Å². The maximum atomic E-state index is 13.6. The molecular formula is C32H29NO4. The SMILES string of the molecule is COc1cccc(N2C(=O)C(=O)/C(=C(\O)c3cccc4ccccc34)C2c2ccc(C(C)(C)C)cc2)c1. The number of hydrogen-bond donors (Lipinski definition) is 1. The fourth-order valence-electron chi connectivity index (χ4n) is 4.92. The summed E-state index contributed by atoms with van der Waals surface area (Å²) in [6.45, 7) is 6.39. The Labute approximate surface area is 216 Å². The summed E-state index contributed by atoms with van der Waals surface area (Å²) in [5, 5.41) is 13.4. The van der Waals surface area contributed by atoms with Crippen LogP contribution >= 0.6 is 0 Å². The van der Waals surface area contributed by atoms with Gasteiger partial charge < -0.3 is 9.84 Å². The van der Waals surface area contributed by atoms with Crippen LogP contribution in [0, 0.1) is 0 Å². The third-order valence-electron chi connectivity index (χ3n) is 6.91. The highest BCUT2D eigenvalue weighted by Gasteiger charge is 2.47. The summed E-state index contributed by atoms with van der Waals surface area (Å²) in [6, 6.07) is 27.3. The molecule has 1 unspecified atom stereocenters. The molecule has 1 atom stereocenters. The van der Waals surface area contributed by atoms with E-state index in [0.717, 1.165) is 21.9 Å². The smallest absolute Gasteiger partial charge is 0.300 e. The van der Waals surface area contributed by atoms with Crippen molar-refractivity contribution in [2.24, 2.45) is 0 Å². The van der Waals surface area contributed by atoms with Crippen molar-refractivity contribution in [3.63, 3.8) is 0 Å². The Morgan fingerprint density at radius 3 is 2.24 bits per heavy atom. The Kier molecular flexibility index (Phi) is 6.08. The molecule has 1 aliphatic heterocycles. The number of methoxy groups -OCH3 is 1. The summed E-state index contributed by atoms with van der Waals surface area (Å²) < 4.78 is 5.38. The Balaban J connectivity index is 1.75. The van der Waals surface area contributed by atoms with E-state index < -0.39 is 17.7 Å². The predicted molar refractivity (Wildman–Crippen MR) is 147 cm³/mol. The maximum absolute atomic E-state index is 13.6. The second kappa shape index (κ2) is 9.25. The van der Waals surface area contributed by atoms with Crippen LogP contribution in [0.1, 0.15) is 43.5 Å². The molecule has 0 bridgehead atoms. The lowest BCUT2D eigenvalue weighted by Crippen LogP contribution is -2.29. The molecule has 0 saturated carbocycles. The van der Waals surface area contributed by atoms with Crippen molar-refractivity contribution in [3.05, 3.63) is 113 Å². The lowest BCUT2D eigenvalue weighted by molar-refractivity contribution is -0.132. The molecular weight excluding hydrogens is 462 g/mol. The van der Waals surface area contributed by atoms with Crippen LogP contribution in [0.4, 0.5) is 5.69 Å². The van der Waals surface area contributed by atoms with Gasteiger partial charge in [-0.25, -0.2) is 0 Å². The number of ketones is 1. The van der Waals surface area contributed by atoms with Gasteiger partial charge in [-0.1, -0.05) is 93.6 Å². The number of Topliss-reactive ketones (excluding diaryl/α,β-unsaturated/α-hetero) is 1. The number of carbonyl (C=O) groups excluding carboxylic acids is 2. The van der Waals surface area contributed by atoms with Crippen LogP contribution in [-0.4, -0.2) is 23.9 Å². The predicted octanol–water partition coefficient (Wildman–Crippen LogP) is 6.77. The van der Waals surface area contributed by atoms with E-state index in [1.165, 1.54) is 4.90 Å². The number of benzene rings is 4. The molecule has 1 amide bonds. The third-order valence-corrected chi connectivity index (χ3v) is 6.91. The Bertz CT molecular complexity index is 1540. The van der Waals surface area contributed by atoms with Crippen LogP contribution in [0.15, 0.2) is 96.6 Å². The van der Waals surface area contributed by atoms with Gasteiger partial charge in [-0.15, -0.1) is 0 Å². The number of nitrogens with zero attached hydrogens (tertiary/aromatic N) is 1. The molecule has 5 nitrogen and oxygen atoms in total. The molecule has 5 heteroatoms. The number of hydrogen-bond acceptors (Lipinski definition) is 4. The van der Waals surface area contributed by atoms with E-state index in [2.05, 4.69) is 20.8 Å². The summed E-state index contributed by atoms with van der Waals surface area (Å²) >= 11 is 0. The van der Waals surface area contributed by atoms with Crippen molar-refractivity contribution < 1.29 is 19.4 Å². The van der Waals surface area contributed by atoms with E-state index in [1.807, 2.05) is 60.7 Å². The molecule has 1 heterocycles. The molecule has 186 valence electrons. The molecule has 1 saturated heterocycles. The lowest BCUT2D eigenvalue weighted by atomic mass is 9.85. The molecule has 4 aromatic carbocycles. The van der Waals surface area contributed by atoms with E-state index in [4.69, 9.17) is 4.74 Å². The Morgan fingerprint density at radius 1 is 0.865 bits per heavy atom. The van der Waals surface area contributed by atoms with E-state index >= 15 is 0 Å². The molecule has 1 fully saturated rings.